The van der Waals surface area contributed by atoms with Gasteiger partial charge in [-0.2, -0.15) is 5.10 Å². The van der Waals surface area contributed by atoms with Gasteiger partial charge in [0.2, 0.25) is 5.91 Å². The quantitative estimate of drug-likeness (QED) is 0.892. The molecule has 1 atom stereocenters. The van der Waals surface area contributed by atoms with E-state index < -0.39 is 5.60 Å². The minimum Gasteiger partial charge on any atom is -0.388 e. The number of carbonyl (C=O) groups excluding carboxylic acids is 2. The molecule has 1 N–H and O–H groups in total. The number of hydrogen-bond acceptors (Lipinski definition) is 4. The van der Waals surface area contributed by atoms with Crippen LogP contribution in [0.4, 0.5) is 4.39 Å². The van der Waals surface area contributed by atoms with E-state index in [9.17, 15) is 19.1 Å². The van der Waals surface area contributed by atoms with Crippen molar-refractivity contribution < 1.29 is 19.1 Å². The summed E-state index contributed by atoms with van der Waals surface area (Å²) in [5, 5.41) is 15.9. The molecule has 7 heteroatoms. The fraction of sp³-hybridized carbons (Fsp3) is 0.526. The van der Waals surface area contributed by atoms with Crippen molar-refractivity contribution in [2.75, 3.05) is 6.54 Å². The molecule has 1 unspecified atom stereocenters. The lowest BCUT2D eigenvalue weighted by Gasteiger charge is -2.34. The van der Waals surface area contributed by atoms with Gasteiger partial charge >= 0.3 is 0 Å². The number of amides is 2. The van der Waals surface area contributed by atoms with Crippen LogP contribution in [0.25, 0.3) is 0 Å². The minimum absolute atomic E-state index is 0.161. The van der Waals surface area contributed by atoms with Crippen LogP contribution >= 0.6 is 0 Å². The van der Waals surface area contributed by atoms with E-state index in [1.165, 1.54) is 17.1 Å². The highest BCUT2D eigenvalue weighted by Gasteiger charge is 2.40. The summed E-state index contributed by atoms with van der Waals surface area (Å²) < 4.78 is 13.0. The van der Waals surface area contributed by atoms with E-state index in [1.807, 2.05) is 0 Å². The van der Waals surface area contributed by atoms with Crippen LogP contribution in [0.15, 0.2) is 29.4 Å². The molecule has 1 fully saturated rings. The molecule has 1 aromatic carbocycles. The number of halogens is 1. The lowest BCUT2D eigenvalue weighted by Crippen LogP contribution is -2.51. The molecule has 0 spiro atoms. The van der Waals surface area contributed by atoms with E-state index in [2.05, 4.69) is 5.10 Å². The molecular weight excluding hydrogens is 337 g/mol. The largest absolute Gasteiger partial charge is 0.388 e. The molecule has 2 aliphatic heterocycles. The van der Waals surface area contributed by atoms with Crippen LogP contribution in [-0.2, 0) is 16.1 Å². The lowest BCUT2D eigenvalue weighted by molar-refractivity contribution is -0.133. The van der Waals surface area contributed by atoms with Crippen molar-refractivity contribution in [3.8, 4) is 0 Å². The van der Waals surface area contributed by atoms with Crippen LogP contribution in [0.5, 0.6) is 0 Å². The number of aliphatic hydroxyl groups is 1. The first-order valence-corrected chi connectivity index (χ1v) is 8.91. The Bertz CT molecular complexity index is 725. The third-order valence-corrected chi connectivity index (χ3v) is 4.93. The van der Waals surface area contributed by atoms with Crippen LogP contribution in [-0.4, -0.2) is 50.7 Å². The third-order valence-electron chi connectivity index (χ3n) is 4.93. The average molecular weight is 361 g/mol. The van der Waals surface area contributed by atoms with Gasteiger partial charge in [-0.1, -0.05) is 12.1 Å². The Labute approximate surface area is 152 Å². The van der Waals surface area contributed by atoms with Gasteiger partial charge < -0.3 is 10.0 Å². The zero-order valence-electron chi connectivity index (χ0n) is 15.1. The molecule has 0 saturated carbocycles. The van der Waals surface area contributed by atoms with Crippen molar-refractivity contribution in [3.05, 3.63) is 35.6 Å². The molecule has 26 heavy (non-hydrogen) atoms. The van der Waals surface area contributed by atoms with Gasteiger partial charge in [-0.3, -0.25) is 9.59 Å². The van der Waals surface area contributed by atoms with Gasteiger partial charge in [0.05, 0.1) is 18.2 Å². The Morgan fingerprint density at radius 2 is 2.00 bits per heavy atom. The molecule has 1 saturated heterocycles. The maximum atomic E-state index is 13.0. The predicted molar refractivity (Wildman–Crippen MR) is 94.7 cm³/mol. The number of hydrogen-bond donors (Lipinski definition) is 1. The van der Waals surface area contributed by atoms with Crippen LogP contribution in [0.1, 0.15) is 45.1 Å². The van der Waals surface area contributed by atoms with Gasteiger partial charge in [-0.05, 0) is 44.4 Å². The van der Waals surface area contributed by atoms with Gasteiger partial charge in [0, 0.05) is 19.4 Å². The highest BCUT2D eigenvalue weighted by molar-refractivity contribution is 6.39. The van der Waals surface area contributed by atoms with Crippen LogP contribution in [0, 0.1) is 5.82 Å². The molecule has 0 aromatic heterocycles. The maximum Gasteiger partial charge on any atom is 0.270 e. The molecule has 0 aliphatic carbocycles. The molecule has 1 aromatic rings. The second kappa shape index (κ2) is 7.15. The standard InChI is InChI=1S/C19H24FN3O3/c1-19(2,26)16-4-3-11-22(16)18(25)15-9-10-17(24)23(21-15)12-13-5-7-14(20)8-6-13/h5-8,16,26H,3-4,9-12H2,1-2H3. The number of rotatable bonds is 4. The monoisotopic (exact) mass is 361 g/mol. The van der Waals surface area contributed by atoms with Gasteiger partial charge in [0.1, 0.15) is 11.5 Å². The minimum atomic E-state index is -0.981. The smallest absolute Gasteiger partial charge is 0.270 e. The normalized spacial score (nSPS) is 21.2. The Hall–Kier alpha value is -2.28. The third kappa shape index (κ3) is 3.93. The van der Waals surface area contributed by atoms with E-state index in [0.29, 0.717) is 18.7 Å². The molecule has 140 valence electrons. The second-order valence-electron chi connectivity index (χ2n) is 7.43. The van der Waals surface area contributed by atoms with E-state index in [1.54, 1.807) is 30.9 Å². The van der Waals surface area contributed by atoms with E-state index >= 15 is 0 Å². The summed E-state index contributed by atoms with van der Waals surface area (Å²) in [6.45, 7) is 4.19. The SMILES string of the molecule is CC(C)(O)C1CCCN1C(=O)C1=NN(Cc2ccc(F)cc2)C(=O)CC1. The second-order valence-corrected chi connectivity index (χ2v) is 7.43. The molecule has 2 amide bonds. The molecule has 2 aliphatic rings. The summed E-state index contributed by atoms with van der Waals surface area (Å²) in [7, 11) is 0. The first kappa shape index (κ1) is 18.5. The summed E-state index contributed by atoms with van der Waals surface area (Å²) >= 11 is 0. The highest BCUT2D eigenvalue weighted by atomic mass is 19.1. The van der Waals surface area contributed by atoms with Crippen LogP contribution in [0.2, 0.25) is 0 Å². The molecule has 0 radical (unpaired) electrons. The van der Waals surface area contributed by atoms with Crippen LogP contribution in [0.3, 0.4) is 0 Å². The molecule has 0 bridgehead atoms. The Morgan fingerprint density at radius 1 is 1.31 bits per heavy atom. The summed E-state index contributed by atoms with van der Waals surface area (Å²) in [4.78, 5) is 26.7. The summed E-state index contributed by atoms with van der Waals surface area (Å²) in [5.74, 6) is -0.720. The Balaban J connectivity index is 1.77. The van der Waals surface area contributed by atoms with Gasteiger partial charge in [0.25, 0.3) is 5.91 Å². The Kier molecular flexibility index (Phi) is 5.09. The molecule has 6 nitrogen and oxygen atoms in total. The van der Waals surface area contributed by atoms with Gasteiger partial charge in [-0.15, -0.1) is 0 Å². The number of hydrazone groups is 1. The average Bonchev–Trinajstić information content (AvgIpc) is 3.08. The van der Waals surface area contributed by atoms with Gasteiger partial charge in [0.15, 0.2) is 0 Å². The summed E-state index contributed by atoms with van der Waals surface area (Å²) in [5.41, 5.74) is 0.0981. The zero-order chi connectivity index (χ0) is 18.9. The highest BCUT2D eigenvalue weighted by Crippen LogP contribution is 2.28. The number of nitrogens with zero attached hydrogens (tertiary/aromatic N) is 3. The number of benzene rings is 1. The summed E-state index contributed by atoms with van der Waals surface area (Å²) in [6.07, 6.45) is 2.10. The lowest BCUT2D eigenvalue weighted by atomic mass is 9.96. The van der Waals surface area contributed by atoms with Crippen molar-refractivity contribution in [2.45, 2.75) is 57.7 Å². The molecule has 3 rings (SSSR count). The number of likely N-dealkylation sites (tertiary alicyclic amines) is 1. The molecular formula is C19H24FN3O3. The van der Waals surface area contributed by atoms with Crippen molar-refractivity contribution >= 4 is 17.5 Å². The van der Waals surface area contributed by atoms with Crippen molar-refractivity contribution in [3.63, 3.8) is 0 Å². The first-order chi connectivity index (χ1) is 12.3. The van der Waals surface area contributed by atoms with E-state index in [-0.39, 0.29) is 36.6 Å². The maximum absolute atomic E-state index is 13.0. The van der Waals surface area contributed by atoms with E-state index in [0.717, 1.165) is 18.4 Å². The van der Waals surface area contributed by atoms with Crippen molar-refractivity contribution in [1.29, 1.82) is 0 Å². The Morgan fingerprint density at radius 3 is 2.65 bits per heavy atom. The predicted octanol–water partition coefficient (Wildman–Crippen LogP) is 2.07. The van der Waals surface area contributed by atoms with E-state index in [4.69, 9.17) is 0 Å². The van der Waals surface area contributed by atoms with Gasteiger partial charge in [-0.25, -0.2) is 9.40 Å². The first-order valence-electron chi connectivity index (χ1n) is 8.91. The van der Waals surface area contributed by atoms with Crippen LogP contribution < -0.4 is 0 Å². The topological polar surface area (TPSA) is 73.2 Å². The number of carbonyl (C=O) groups is 2. The zero-order valence-corrected chi connectivity index (χ0v) is 15.1. The fourth-order valence-corrected chi connectivity index (χ4v) is 3.55. The summed E-state index contributed by atoms with van der Waals surface area (Å²) in [6, 6.07) is 5.61. The molecule has 2 heterocycles. The van der Waals surface area contributed by atoms with Crippen molar-refractivity contribution in [1.82, 2.24) is 9.91 Å². The fourth-order valence-electron chi connectivity index (χ4n) is 3.55. The van der Waals surface area contributed by atoms with Crippen molar-refractivity contribution in [2.24, 2.45) is 5.10 Å².